The molecule has 3 unspecified atom stereocenters. The average molecular weight is 196 g/mol. The van der Waals surface area contributed by atoms with Crippen LogP contribution >= 0.6 is 0 Å². The fourth-order valence-electron chi connectivity index (χ4n) is 3.37. The predicted molar refractivity (Wildman–Crippen MR) is 60.2 cm³/mol. The van der Waals surface area contributed by atoms with Gasteiger partial charge in [-0.3, -0.25) is 4.90 Å². The number of hydrogen-bond donors (Lipinski definition) is 1. The van der Waals surface area contributed by atoms with Crippen LogP contribution in [0.3, 0.4) is 0 Å². The van der Waals surface area contributed by atoms with Crippen LogP contribution < -0.4 is 5.73 Å². The van der Waals surface area contributed by atoms with Gasteiger partial charge in [0.05, 0.1) is 0 Å². The molecule has 82 valence electrons. The minimum atomic E-state index is 0.375. The molecule has 2 heteroatoms. The second-order valence-corrected chi connectivity index (χ2v) is 5.29. The predicted octanol–water partition coefficient (Wildman–Crippen LogP) is 1.99. The maximum absolute atomic E-state index is 6.01. The van der Waals surface area contributed by atoms with E-state index in [9.17, 15) is 0 Å². The molecule has 0 radical (unpaired) electrons. The minimum Gasteiger partial charge on any atom is -0.329 e. The first-order valence-corrected chi connectivity index (χ1v) is 6.17. The molecular formula is C12H24N2. The van der Waals surface area contributed by atoms with E-state index in [1.165, 1.54) is 38.6 Å². The Balaban J connectivity index is 2.10. The Bertz CT molecular complexity index is 200. The van der Waals surface area contributed by atoms with E-state index in [0.717, 1.165) is 18.5 Å². The van der Waals surface area contributed by atoms with E-state index in [1.54, 1.807) is 0 Å². The quantitative estimate of drug-likeness (QED) is 0.732. The maximum Gasteiger partial charge on any atom is 0.0360 e. The van der Waals surface area contributed by atoms with Crippen molar-refractivity contribution in [2.75, 3.05) is 13.1 Å². The smallest absolute Gasteiger partial charge is 0.0360 e. The monoisotopic (exact) mass is 196 g/mol. The van der Waals surface area contributed by atoms with Crippen LogP contribution in [-0.4, -0.2) is 29.6 Å². The Morgan fingerprint density at radius 2 is 2.07 bits per heavy atom. The molecule has 1 aliphatic carbocycles. The van der Waals surface area contributed by atoms with Crippen molar-refractivity contribution in [3.8, 4) is 0 Å². The molecule has 0 bridgehead atoms. The lowest BCUT2D eigenvalue weighted by Gasteiger charge is -2.58. The van der Waals surface area contributed by atoms with Crippen LogP contribution in [0.2, 0.25) is 0 Å². The molecule has 2 N–H and O–H groups in total. The maximum atomic E-state index is 6.01. The normalized spacial score (nSPS) is 44.8. The average Bonchev–Trinajstić information content (AvgIpc) is 2.20. The van der Waals surface area contributed by atoms with Gasteiger partial charge >= 0.3 is 0 Å². The van der Waals surface area contributed by atoms with E-state index in [0.29, 0.717) is 5.54 Å². The van der Waals surface area contributed by atoms with Crippen molar-refractivity contribution in [1.29, 1.82) is 0 Å². The summed E-state index contributed by atoms with van der Waals surface area (Å²) in [6.45, 7) is 6.89. The van der Waals surface area contributed by atoms with Crippen molar-refractivity contribution in [2.45, 2.75) is 57.5 Å². The Morgan fingerprint density at radius 1 is 1.29 bits per heavy atom. The molecule has 14 heavy (non-hydrogen) atoms. The Kier molecular flexibility index (Phi) is 2.85. The highest BCUT2D eigenvalue weighted by molar-refractivity contribution is 5.05. The molecule has 2 fully saturated rings. The molecule has 0 amide bonds. The highest BCUT2D eigenvalue weighted by Gasteiger charge is 2.48. The molecule has 2 nitrogen and oxygen atoms in total. The Labute approximate surface area is 87.8 Å². The van der Waals surface area contributed by atoms with Crippen LogP contribution in [0.1, 0.15) is 46.0 Å². The summed E-state index contributed by atoms with van der Waals surface area (Å²) in [4.78, 5) is 2.71. The number of nitrogens with zero attached hydrogens (tertiary/aromatic N) is 1. The molecule has 1 heterocycles. The zero-order valence-electron chi connectivity index (χ0n) is 9.63. The van der Waals surface area contributed by atoms with Gasteiger partial charge in [-0.25, -0.2) is 0 Å². The molecule has 1 aliphatic heterocycles. The third-order valence-corrected chi connectivity index (χ3v) is 4.66. The van der Waals surface area contributed by atoms with Gasteiger partial charge in [-0.05, 0) is 45.1 Å². The summed E-state index contributed by atoms with van der Waals surface area (Å²) in [5.74, 6) is 0.813. The minimum absolute atomic E-state index is 0.375. The number of rotatable bonds is 2. The van der Waals surface area contributed by atoms with E-state index in [2.05, 4.69) is 18.7 Å². The van der Waals surface area contributed by atoms with Crippen LogP contribution in [0.15, 0.2) is 0 Å². The summed E-state index contributed by atoms with van der Waals surface area (Å²) in [5, 5.41) is 0. The summed E-state index contributed by atoms with van der Waals surface area (Å²) in [7, 11) is 0. The van der Waals surface area contributed by atoms with Crippen molar-refractivity contribution in [1.82, 2.24) is 4.90 Å². The highest BCUT2D eigenvalue weighted by atomic mass is 15.3. The lowest BCUT2D eigenvalue weighted by molar-refractivity contribution is -0.0657. The van der Waals surface area contributed by atoms with Crippen molar-refractivity contribution in [2.24, 2.45) is 11.7 Å². The van der Waals surface area contributed by atoms with E-state index in [-0.39, 0.29) is 0 Å². The Hall–Kier alpha value is -0.0800. The zero-order valence-corrected chi connectivity index (χ0v) is 9.63. The number of nitrogens with two attached hydrogens (primary N) is 1. The van der Waals surface area contributed by atoms with E-state index in [1.807, 2.05) is 0 Å². The lowest BCUT2D eigenvalue weighted by Crippen LogP contribution is -2.66. The number of piperidine rings is 1. The molecule has 0 aromatic heterocycles. The van der Waals surface area contributed by atoms with Gasteiger partial charge in [0.1, 0.15) is 0 Å². The standard InChI is InChI=1S/C12H24N2/c1-10-6-7-12(10,9-13)14-8-4-3-5-11(14)2/h10-11H,3-9,13H2,1-2H3. The zero-order chi connectivity index (χ0) is 10.2. The largest absolute Gasteiger partial charge is 0.329 e. The number of hydrogen-bond acceptors (Lipinski definition) is 2. The fourth-order valence-corrected chi connectivity index (χ4v) is 3.37. The van der Waals surface area contributed by atoms with Gasteiger partial charge in [0, 0.05) is 18.1 Å². The van der Waals surface area contributed by atoms with Crippen molar-refractivity contribution in [3.05, 3.63) is 0 Å². The van der Waals surface area contributed by atoms with Crippen LogP contribution in [0.25, 0.3) is 0 Å². The molecule has 2 rings (SSSR count). The van der Waals surface area contributed by atoms with Gasteiger partial charge in [-0.15, -0.1) is 0 Å². The third-order valence-electron chi connectivity index (χ3n) is 4.66. The van der Waals surface area contributed by atoms with Gasteiger partial charge in [0.2, 0.25) is 0 Å². The molecule has 0 aromatic rings. The summed E-state index contributed by atoms with van der Waals surface area (Å²) in [6, 6.07) is 0.759. The SMILES string of the molecule is CC1CCCCN1C1(CN)CCC1C. The molecule has 0 spiro atoms. The second-order valence-electron chi connectivity index (χ2n) is 5.29. The molecule has 0 aromatic carbocycles. The van der Waals surface area contributed by atoms with Gasteiger partial charge in [-0.1, -0.05) is 13.3 Å². The van der Waals surface area contributed by atoms with E-state index >= 15 is 0 Å². The summed E-state index contributed by atoms with van der Waals surface area (Å²) >= 11 is 0. The molecule has 1 saturated heterocycles. The fraction of sp³-hybridized carbons (Fsp3) is 1.00. The van der Waals surface area contributed by atoms with Gasteiger partial charge in [-0.2, -0.15) is 0 Å². The summed E-state index contributed by atoms with van der Waals surface area (Å²) < 4.78 is 0. The first-order valence-electron chi connectivity index (χ1n) is 6.17. The van der Waals surface area contributed by atoms with Crippen molar-refractivity contribution in [3.63, 3.8) is 0 Å². The molecule has 3 atom stereocenters. The molecule has 1 saturated carbocycles. The molecular weight excluding hydrogens is 172 g/mol. The van der Waals surface area contributed by atoms with Crippen LogP contribution in [0.5, 0.6) is 0 Å². The van der Waals surface area contributed by atoms with Crippen LogP contribution in [0.4, 0.5) is 0 Å². The number of likely N-dealkylation sites (tertiary alicyclic amines) is 1. The van der Waals surface area contributed by atoms with Gasteiger partial charge < -0.3 is 5.73 Å². The van der Waals surface area contributed by atoms with E-state index in [4.69, 9.17) is 5.73 Å². The first-order chi connectivity index (χ1) is 6.70. The van der Waals surface area contributed by atoms with Crippen LogP contribution in [-0.2, 0) is 0 Å². The summed E-state index contributed by atoms with van der Waals surface area (Å²) in [5.41, 5.74) is 6.39. The first kappa shape index (κ1) is 10.4. The lowest BCUT2D eigenvalue weighted by atomic mass is 9.65. The summed E-state index contributed by atoms with van der Waals surface area (Å²) in [6.07, 6.45) is 6.86. The topological polar surface area (TPSA) is 29.3 Å². The third kappa shape index (κ3) is 1.40. The molecule has 2 aliphatic rings. The Morgan fingerprint density at radius 3 is 2.50 bits per heavy atom. The van der Waals surface area contributed by atoms with E-state index < -0.39 is 0 Å². The van der Waals surface area contributed by atoms with Gasteiger partial charge in [0.25, 0.3) is 0 Å². The highest BCUT2D eigenvalue weighted by Crippen LogP contribution is 2.44. The second kappa shape index (κ2) is 3.82. The van der Waals surface area contributed by atoms with Gasteiger partial charge in [0.15, 0.2) is 0 Å². The van der Waals surface area contributed by atoms with Crippen LogP contribution in [0, 0.1) is 5.92 Å². The van der Waals surface area contributed by atoms with Crippen molar-refractivity contribution >= 4 is 0 Å². The van der Waals surface area contributed by atoms with Crippen molar-refractivity contribution < 1.29 is 0 Å².